The van der Waals surface area contributed by atoms with Gasteiger partial charge in [-0.1, -0.05) is 27.7 Å². The van der Waals surface area contributed by atoms with Crippen molar-refractivity contribution in [2.24, 2.45) is 23.5 Å². The lowest BCUT2D eigenvalue weighted by Gasteiger charge is -2.28. The van der Waals surface area contributed by atoms with Crippen LogP contribution in [-0.4, -0.2) is 13.1 Å². The van der Waals surface area contributed by atoms with Crippen LogP contribution in [0.5, 0.6) is 0 Å². The number of hydrogen-bond donors (Lipinski definition) is 2. The molecule has 0 aromatic carbocycles. The van der Waals surface area contributed by atoms with Crippen molar-refractivity contribution in [3.8, 4) is 0 Å². The first-order chi connectivity index (χ1) is 8.86. The first kappa shape index (κ1) is 16.7. The fourth-order valence-corrected chi connectivity index (χ4v) is 3.82. The van der Waals surface area contributed by atoms with E-state index >= 15 is 0 Å². The Morgan fingerprint density at radius 2 is 1.74 bits per heavy atom. The highest BCUT2D eigenvalue weighted by Gasteiger charge is 2.20. The number of nitrogens with one attached hydrogen (secondary N) is 1. The van der Waals surface area contributed by atoms with Crippen molar-refractivity contribution in [2.45, 2.75) is 47.6 Å². The van der Waals surface area contributed by atoms with Crippen LogP contribution in [0.25, 0.3) is 0 Å². The van der Waals surface area contributed by atoms with Crippen molar-refractivity contribution in [3.63, 3.8) is 0 Å². The van der Waals surface area contributed by atoms with Gasteiger partial charge in [-0.05, 0) is 49.8 Å². The summed E-state index contributed by atoms with van der Waals surface area (Å²) in [7, 11) is 0. The van der Waals surface area contributed by atoms with E-state index in [0.717, 1.165) is 6.54 Å². The van der Waals surface area contributed by atoms with Crippen LogP contribution in [0.15, 0.2) is 6.07 Å². The van der Waals surface area contributed by atoms with Gasteiger partial charge >= 0.3 is 0 Å². The van der Waals surface area contributed by atoms with E-state index in [9.17, 15) is 0 Å². The minimum absolute atomic E-state index is 0.296. The second kappa shape index (κ2) is 7.41. The van der Waals surface area contributed by atoms with Crippen molar-refractivity contribution in [1.82, 2.24) is 5.32 Å². The second-order valence-corrected chi connectivity index (χ2v) is 7.68. The number of rotatable bonds is 7. The lowest BCUT2D eigenvalue weighted by atomic mass is 9.85. The maximum atomic E-state index is 5.96. The zero-order valence-electron chi connectivity index (χ0n) is 13.3. The van der Waals surface area contributed by atoms with E-state index in [4.69, 9.17) is 5.73 Å². The normalized spacial score (nSPS) is 13.8. The predicted octanol–water partition coefficient (Wildman–Crippen LogP) is 3.88. The van der Waals surface area contributed by atoms with E-state index in [-0.39, 0.29) is 0 Å². The molecular formula is C16H30N2S. The molecule has 0 aliphatic rings. The molecule has 0 aliphatic heterocycles. The number of hydrogen-bond acceptors (Lipinski definition) is 3. The molecule has 1 aromatic heterocycles. The fourth-order valence-electron chi connectivity index (χ4n) is 2.84. The van der Waals surface area contributed by atoms with Crippen molar-refractivity contribution in [1.29, 1.82) is 0 Å². The van der Waals surface area contributed by atoms with Crippen molar-refractivity contribution in [3.05, 3.63) is 21.4 Å². The van der Waals surface area contributed by atoms with Gasteiger partial charge in [-0.25, -0.2) is 0 Å². The van der Waals surface area contributed by atoms with Gasteiger partial charge in [0.25, 0.3) is 0 Å². The second-order valence-electron chi connectivity index (χ2n) is 6.22. The third-order valence-electron chi connectivity index (χ3n) is 4.00. The summed E-state index contributed by atoms with van der Waals surface area (Å²) in [5.74, 6) is 2.11. The van der Waals surface area contributed by atoms with E-state index in [1.807, 2.05) is 11.3 Å². The van der Waals surface area contributed by atoms with Crippen LogP contribution in [0.3, 0.4) is 0 Å². The highest BCUT2D eigenvalue weighted by Crippen LogP contribution is 2.27. The topological polar surface area (TPSA) is 38.0 Å². The molecule has 19 heavy (non-hydrogen) atoms. The summed E-state index contributed by atoms with van der Waals surface area (Å²) >= 11 is 1.86. The maximum Gasteiger partial charge on any atom is 0.0455 e. The van der Waals surface area contributed by atoms with Crippen LogP contribution >= 0.6 is 11.3 Å². The average molecular weight is 282 g/mol. The smallest absolute Gasteiger partial charge is 0.0455 e. The monoisotopic (exact) mass is 282 g/mol. The molecule has 1 rings (SSSR count). The Morgan fingerprint density at radius 1 is 1.16 bits per heavy atom. The molecule has 2 nitrogen and oxygen atoms in total. The average Bonchev–Trinajstić information content (AvgIpc) is 2.63. The van der Waals surface area contributed by atoms with Crippen LogP contribution in [0.2, 0.25) is 0 Å². The zero-order chi connectivity index (χ0) is 14.6. The van der Waals surface area contributed by atoms with Crippen LogP contribution < -0.4 is 11.1 Å². The van der Waals surface area contributed by atoms with Crippen molar-refractivity contribution < 1.29 is 0 Å². The maximum absolute atomic E-state index is 5.96. The predicted molar refractivity (Wildman–Crippen MR) is 86.8 cm³/mol. The molecule has 0 amide bonds. The van der Waals surface area contributed by atoms with E-state index in [2.05, 4.69) is 52.9 Å². The molecular weight excluding hydrogens is 252 g/mol. The first-order valence-electron chi connectivity index (χ1n) is 7.37. The third-order valence-corrected chi connectivity index (χ3v) is 4.98. The molecule has 0 saturated heterocycles. The molecule has 0 spiro atoms. The van der Waals surface area contributed by atoms with E-state index in [1.54, 1.807) is 0 Å². The summed E-state index contributed by atoms with van der Waals surface area (Å²) in [5.41, 5.74) is 7.35. The summed E-state index contributed by atoms with van der Waals surface area (Å²) in [4.78, 5) is 2.77. The molecule has 0 fully saturated rings. The Morgan fingerprint density at radius 3 is 2.11 bits per heavy atom. The number of nitrogens with two attached hydrogens (primary N) is 1. The van der Waals surface area contributed by atoms with Gasteiger partial charge in [0, 0.05) is 22.3 Å². The summed E-state index contributed by atoms with van der Waals surface area (Å²) in [5, 5.41) is 3.68. The van der Waals surface area contributed by atoms with Gasteiger partial charge in [-0.2, -0.15) is 0 Å². The number of thiophene rings is 1. The van der Waals surface area contributed by atoms with E-state index < -0.39 is 0 Å². The summed E-state index contributed by atoms with van der Waals surface area (Å²) in [6.07, 6.45) is 0. The standard InChI is InChI=1S/C16H30N2S/c1-10(2)15(11(3)4)9-18-16(8-17)14-7-12(5)19-13(14)6/h7,10-11,15-16,18H,8-9,17H2,1-6H3. The van der Waals surface area contributed by atoms with Gasteiger partial charge in [-0.3, -0.25) is 0 Å². The van der Waals surface area contributed by atoms with Gasteiger partial charge < -0.3 is 11.1 Å². The largest absolute Gasteiger partial charge is 0.329 e. The minimum Gasteiger partial charge on any atom is -0.329 e. The Balaban J connectivity index is 2.70. The molecule has 1 heterocycles. The lowest BCUT2D eigenvalue weighted by molar-refractivity contribution is 0.266. The molecule has 1 aromatic rings. The van der Waals surface area contributed by atoms with Crippen LogP contribution in [0, 0.1) is 31.6 Å². The molecule has 3 heteroatoms. The fraction of sp³-hybridized carbons (Fsp3) is 0.750. The van der Waals surface area contributed by atoms with E-state index in [1.165, 1.54) is 15.3 Å². The van der Waals surface area contributed by atoms with Gasteiger partial charge in [-0.15, -0.1) is 11.3 Å². The highest BCUT2D eigenvalue weighted by atomic mass is 32.1. The summed E-state index contributed by atoms with van der Waals surface area (Å²) in [6.45, 7) is 15.3. The van der Waals surface area contributed by atoms with Gasteiger partial charge in [0.2, 0.25) is 0 Å². The van der Waals surface area contributed by atoms with Crippen LogP contribution in [0.4, 0.5) is 0 Å². The Kier molecular flexibility index (Phi) is 6.51. The van der Waals surface area contributed by atoms with Gasteiger partial charge in [0.1, 0.15) is 0 Å². The van der Waals surface area contributed by atoms with Crippen molar-refractivity contribution in [2.75, 3.05) is 13.1 Å². The van der Waals surface area contributed by atoms with Crippen LogP contribution in [-0.2, 0) is 0 Å². The molecule has 0 saturated carbocycles. The molecule has 1 atom stereocenters. The summed E-state index contributed by atoms with van der Waals surface area (Å²) < 4.78 is 0. The van der Waals surface area contributed by atoms with Crippen molar-refractivity contribution >= 4 is 11.3 Å². The zero-order valence-corrected chi connectivity index (χ0v) is 14.1. The highest BCUT2D eigenvalue weighted by molar-refractivity contribution is 7.12. The Bertz CT molecular complexity index is 374. The Labute approximate surface area is 122 Å². The van der Waals surface area contributed by atoms with Crippen LogP contribution in [0.1, 0.15) is 49.1 Å². The Hall–Kier alpha value is -0.380. The molecule has 1 unspecified atom stereocenters. The summed E-state index contributed by atoms with van der Waals surface area (Å²) in [6, 6.07) is 2.58. The SMILES string of the molecule is Cc1cc(C(CN)NCC(C(C)C)C(C)C)c(C)s1. The molecule has 110 valence electrons. The first-order valence-corrected chi connectivity index (χ1v) is 8.18. The molecule has 3 N–H and O–H groups in total. The number of aryl methyl sites for hydroxylation is 2. The van der Waals surface area contributed by atoms with E-state index in [0.29, 0.717) is 30.3 Å². The van der Waals surface area contributed by atoms with Gasteiger partial charge in [0.15, 0.2) is 0 Å². The third kappa shape index (κ3) is 4.59. The molecule has 0 radical (unpaired) electrons. The molecule has 0 aliphatic carbocycles. The minimum atomic E-state index is 0.296. The molecule has 0 bridgehead atoms. The quantitative estimate of drug-likeness (QED) is 0.796. The lowest BCUT2D eigenvalue weighted by Crippen LogP contribution is -2.35. The van der Waals surface area contributed by atoms with Gasteiger partial charge in [0.05, 0.1) is 0 Å².